The number of hydrogen-bond acceptors (Lipinski definition) is 4. The van der Waals surface area contributed by atoms with E-state index in [1.807, 2.05) is 50.3 Å². The second kappa shape index (κ2) is 5.90. The van der Waals surface area contributed by atoms with Crippen LogP contribution in [0.2, 0.25) is 0 Å². The highest BCUT2D eigenvalue weighted by Gasteiger charge is 2.12. The molecule has 1 heterocycles. The molecule has 0 saturated heterocycles. The minimum Gasteiger partial charge on any atom is -0.491 e. The summed E-state index contributed by atoms with van der Waals surface area (Å²) in [6, 6.07) is 11.6. The van der Waals surface area contributed by atoms with Gasteiger partial charge in [-0.05, 0) is 19.9 Å². The SMILES string of the molecule is CC(C)Oc1ccccc1Cn1cnc(C#N)c1C#N. The predicted octanol–water partition coefficient (Wildman–Crippen LogP) is 2.46. The van der Waals surface area contributed by atoms with Gasteiger partial charge in [0.25, 0.3) is 0 Å². The lowest BCUT2D eigenvalue weighted by atomic mass is 10.2. The van der Waals surface area contributed by atoms with Crippen LogP contribution in [-0.4, -0.2) is 15.7 Å². The summed E-state index contributed by atoms with van der Waals surface area (Å²) in [5.74, 6) is 0.776. The Morgan fingerprint density at radius 2 is 2.00 bits per heavy atom. The van der Waals surface area contributed by atoms with Gasteiger partial charge in [-0.15, -0.1) is 0 Å². The van der Waals surface area contributed by atoms with Crippen LogP contribution in [0.15, 0.2) is 30.6 Å². The molecule has 0 aliphatic heterocycles. The first-order chi connectivity index (χ1) is 9.65. The van der Waals surface area contributed by atoms with Crippen molar-refractivity contribution in [3.8, 4) is 17.9 Å². The minimum atomic E-state index is 0.0732. The number of ether oxygens (including phenoxy) is 1. The molecule has 5 nitrogen and oxygen atoms in total. The van der Waals surface area contributed by atoms with Gasteiger partial charge in [0.2, 0.25) is 0 Å². The lowest BCUT2D eigenvalue weighted by Crippen LogP contribution is -2.09. The molecule has 0 saturated carbocycles. The summed E-state index contributed by atoms with van der Waals surface area (Å²) in [6.45, 7) is 4.37. The van der Waals surface area contributed by atoms with Crippen molar-refractivity contribution in [1.29, 1.82) is 10.5 Å². The summed E-state index contributed by atoms with van der Waals surface area (Å²) in [5.41, 5.74) is 1.36. The second-order valence-electron chi connectivity index (χ2n) is 4.57. The van der Waals surface area contributed by atoms with Crippen LogP contribution in [0, 0.1) is 22.7 Å². The Kier molecular flexibility index (Phi) is 4.02. The predicted molar refractivity (Wildman–Crippen MR) is 73.0 cm³/mol. The third-order valence-corrected chi connectivity index (χ3v) is 2.73. The maximum Gasteiger partial charge on any atom is 0.176 e. The highest BCUT2D eigenvalue weighted by atomic mass is 16.5. The van der Waals surface area contributed by atoms with E-state index in [1.54, 1.807) is 4.57 Å². The maximum absolute atomic E-state index is 9.12. The molecule has 0 atom stereocenters. The Hall–Kier alpha value is -2.79. The molecule has 0 fully saturated rings. The number of para-hydroxylation sites is 1. The van der Waals surface area contributed by atoms with Crippen molar-refractivity contribution in [3.63, 3.8) is 0 Å². The molecule has 100 valence electrons. The molecule has 1 aromatic heterocycles. The zero-order valence-electron chi connectivity index (χ0n) is 11.4. The van der Waals surface area contributed by atoms with E-state index in [4.69, 9.17) is 15.3 Å². The summed E-state index contributed by atoms with van der Waals surface area (Å²) in [4.78, 5) is 3.93. The standard InChI is InChI=1S/C15H14N4O/c1-11(2)20-15-6-4-3-5-12(15)9-19-10-18-13(7-16)14(19)8-17/h3-6,10-11H,9H2,1-2H3. The van der Waals surface area contributed by atoms with Crippen LogP contribution in [0.25, 0.3) is 0 Å². The molecule has 0 bridgehead atoms. The van der Waals surface area contributed by atoms with Crippen LogP contribution in [0.1, 0.15) is 30.8 Å². The Bertz CT molecular complexity index is 689. The molecule has 0 aliphatic carbocycles. The van der Waals surface area contributed by atoms with E-state index in [0.717, 1.165) is 11.3 Å². The molecule has 0 spiro atoms. The average Bonchev–Trinajstić information content (AvgIpc) is 2.82. The van der Waals surface area contributed by atoms with E-state index in [0.29, 0.717) is 6.54 Å². The molecule has 2 rings (SSSR count). The Labute approximate surface area is 117 Å². The van der Waals surface area contributed by atoms with Gasteiger partial charge in [0.1, 0.15) is 17.9 Å². The van der Waals surface area contributed by atoms with Crippen molar-refractivity contribution in [3.05, 3.63) is 47.5 Å². The fraction of sp³-hybridized carbons (Fsp3) is 0.267. The van der Waals surface area contributed by atoms with E-state index in [9.17, 15) is 0 Å². The van der Waals surface area contributed by atoms with Gasteiger partial charge in [0.15, 0.2) is 11.4 Å². The first-order valence-electron chi connectivity index (χ1n) is 6.25. The van der Waals surface area contributed by atoms with Crippen molar-refractivity contribution < 1.29 is 4.74 Å². The lowest BCUT2D eigenvalue weighted by Gasteiger charge is -2.14. The molecule has 0 amide bonds. The van der Waals surface area contributed by atoms with Gasteiger partial charge in [0.05, 0.1) is 19.0 Å². The minimum absolute atomic E-state index is 0.0732. The Balaban J connectivity index is 2.34. The number of hydrogen-bond donors (Lipinski definition) is 0. The van der Waals surface area contributed by atoms with Gasteiger partial charge in [-0.1, -0.05) is 18.2 Å². The van der Waals surface area contributed by atoms with E-state index in [2.05, 4.69) is 4.98 Å². The van der Waals surface area contributed by atoms with Gasteiger partial charge < -0.3 is 9.30 Å². The van der Waals surface area contributed by atoms with Crippen molar-refractivity contribution in [2.45, 2.75) is 26.5 Å². The normalized spacial score (nSPS) is 10.1. The molecule has 1 aromatic carbocycles. The summed E-state index contributed by atoms with van der Waals surface area (Å²) >= 11 is 0. The van der Waals surface area contributed by atoms with E-state index >= 15 is 0 Å². The fourth-order valence-electron chi connectivity index (χ4n) is 1.89. The van der Waals surface area contributed by atoms with Gasteiger partial charge in [-0.2, -0.15) is 10.5 Å². The summed E-state index contributed by atoms with van der Waals surface area (Å²) < 4.78 is 7.40. The summed E-state index contributed by atoms with van der Waals surface area (Å²) in [5, 5.41) is 18.0. The Morgan fingerprint density at radius 1 is 1.25 bits per heavy atom. The molecule has 2 aromatic rings. The van der Waals surface area contributed by atoms with Crippen LogP contribution in [0.5, 0.6) is 5.75 Å². The number of imidazole rings is 1. The van der Waals surface area contributed by atoms with Crippen LogP contribution in [-0.2, 0) is 6.54 Å². The fourth-order valence-corrected chi connectivity index (χ4v) is 1.89. The van der Waals surface area contributed by atoms with Crippen molar-refractivity contribution in [1.82, 2.24) is 9.55 Å². The van der Waals surface area contributed by atoms with Crippen LogP contribution >= 0.6 is 0 Å². The molecular formula is C15H14N4O. The topological polar surface area (TPSA) is 74.6 Å². The summed E-state index contributed by atoms with van der Waals surface area (Å²) in [7, 11) is 0. The van der Waals surface area contributed by atoms with Gasteiger partial charge in [0, 0.05) is 5.56 Å². The zero-order valence-corrected chi connectivity index (χ0v) is 11.4. The molecule has 5 heteroatoms. The molecule has 0 N–H and O–H groups in total. The smallest absolute Gasteiger partial charge is 0.176 e. The molecule has 0 radical (unpaired) electrons. The van der Waals surface area contributed by atoms with Gasteiger partial charge >= 0.3 is 0 Å². The first-order valence-corrected chi connectivity index (χ1v) is 6.25. The lowest BCUT2D eigenvalue weighted by molar-refractivity contribution is 0.239. The number of nitriles is 2. The molecular weight excluding hydrogens is 252 g/mol. The largest absolute Gasteiger partial charge is 0.491 e. The van der Waals surface area contributed by atoms with Crippen LogP contribution in [0.3, 0.4) is 0 Å². The Morgan fingerprint density at radius 3 is 2.65 bits per heavy atom. The number of benzene rings is 1. The highest BCUT2D eigenvalue weighted by Crippen LogP contribution is 2.21. The third kappa shape index (κ3) is 2.78. The second-order valence-corrected chi connectivity index (χ2v) is 4.57. The first kappa shape index (κ1) is 13.6. The molecule has 20 heavy (non-hydrogen) atoms. The van der Waals surface area contributed by atoms with Crippen molar-refractivity contribution in [2.24, 2.45) is 0 Å². The highest BCUT2D eigenvalue weighted by molar-refractivity contribution is 5.39. The number of rotatable bonds is 4. The number of nitrogens with zero attached hydrogens (tertiary/aromatic N) is 4. The monoisotopic (exact) mass is 266 g/mol. The van der Waals surface area contributed by atoms with Crippen LogP contribution < -0.4 is 4.74 Å². The average molecular weight is 266 g/mol. The maximum atomic E-state index is 9.12. The third-order valence-electron chi connectivity index (χ3n) is 2.73. The van der Waals surface area contributed by atoms with Crippen molar-refractivity contribution >= 4 is 0 Å². The van der Waals surface area contributed by atoms with E-state index in [-0.39, 0.29) is 17.5 Å². The number of aromatic nitrogens is 2. The van der Waals surface area contributed by atoms with Gasteiger partial charge in [-0.3, -0.25) is 0 Å². The zero-order chi connectivity index (χ0) is 14.5. The molecule has 0 aliphatic rings. The van der Waals surface area contributed by atoms with Gasteiger partial charge in [-0.25, -0.2) is 4.98 Å². The van der Waals surface area contributed by atoms with E-state index in [1.165, 1.54) is 6.33 Å². The van der Waals surface area contributed by atoms with Crippen LogP contribution in [0.4, 0.5) is 0 Å². The van der Waals surface area contributed by atoms with E-state index < -0.39 is 0 Å². The molecule has 0 unspecified atom stereocenters. The van der Waals surface area contributed by atoms with Crippen molar-refractivity contribution in [2.75, 3.05) is 0 Å². The quantitative estimate of drug-likeness (QED) is 0.851. The summed E-state index contributed by atoms with van der Waals surface area (Å²) in [6.07, 6.45) is 1.58.